The first-order valence-electron chi connectivity index (χ1n) is 5.03. The molecule has 1 aliphatic heterocycles. The van der Waals surface area contributed by atoms with Crippen molar-refractivity contribution in [2.24, 2.45) is 5.11 Å². The van der Waals surface area contributed by atoms with Crippen LogP contribution in [0.15, 0.2) is 5.11 Å². The van der Waals surface area contributed by atoms with E-state index in [2.05, 4.69) is 23.7 Å². The van der Waals surface area contributed by atoms with Crippen molar-refractivity contribution in [1.29, 1.82) is 0 Å². The Kier molecular flexibility index (Phi) is 5.13. The van der Waals surface area contributed by atoms with Gasteiger partial charge in [0.05, 0.1) is 19.9 Å². The molecule has 78 valence electrons. The monoisotopic (exact) mass is 205 g/mol. The Labute approximate surface area is 90.8 Å². The summed E-state index contributed by atoms with van der Waals surface area (Å²) in [6, 6.07) is 0.208. The summed E-state index contributed by atoms with van der Waals surface area (Å²) in [5.41, 5.74) is 8.12. The van der Waals surface area contributed by atoms with Gasteiger partial charge in [-0.1, -0.05) is 5.11 Å². The molecule has 0 radical (unpaired) electrons. The average molecular weight is 205 g/mol. The van der Waals surface area contributed by atoms with Crippen molar-refractivity contribution in [2.45, 2.75) is 31.1 Å². The second-order valence-corrected chi connectivity index (χ2v) is 3.41. The lowest BCUT2D eigenvalue weighted by molar-refractivity contribution is -0.00772. The summed E-state index contributed by atoms with van der Waals surface area (Å²) in [6.45, 7) is 0.0437. The third-order valence-electron chi connectivity index (χ3n) is 2.46. The zero-order valence-corrected chi connectivity index (χ0v) is 8.80. The number of ether oxygens (including phenoxy) is 2. The summed E-state index contributed by atoms with van der Waals surface area (Å²) >= 11 is 0. The fraction of sp³-hybridized carbons (Fsp3) is 0.750. The minimum atomic E-state index is -0.0613. The van der Waals surface area contributed by atoms with Crippen LogP contribution in [0.1, 0.15) is 12.8 Å². The first-order valence-corrected chi connectivity index (χ1v) is 5.03. The SMILES string of the molecule is BBC1CC(OCN=[N+]=[N-])C(CC#C)O1. The van der Waals surface area contributed by atoms with E-state index in [9.17, 15) is 0 Å². The van der Waals surface area contributed by atoms with Gasteiger partial charge in [0.15, 0.2) is 0 Å². The lowest BCUT2D eigenvalue weighted by atomic mass is 9.51. The zero-order chi connectivity index (χ0) is 11.1. The van der Waals surface area contributed by atoms with E-state index < -0.39 is 0 Å². The minimum absolute atomic E-state index is 0.0437. The first kappa shape index (κ1) is 12.0. The van der Waals surface area contributed by atoms with E-state index in [1.807, 2.05) is 0 Å². The van der Waals surface area contributed by atoms with Crippen LogP contribution in [0.2, 0.25) is 0 Å². The van der Waals surface area contributed by atoms with Crippen molar-refractivity contribution in [3.63, 3.8) is 0 Å². The van der Waals surface area contributed by atoms with Crippen LogP contribution < -0.4 is 0 Å². The predicted octanol–water partition coefficient (Wildman–Crippen LogP) is -0.238. The van der Waals surface area contributed by atoms with Crippen LogP contribution in [-0.2, 0) is 9.47 Å². The Hall–Kier alpha value is -1.08. The molecule has 3 unspecified atom stereocenters. The molecule has 0 aromatic carbocycles. The Balaban J connectivity index is 2.45. The molecule has 0 amide bonds. The third kappa shape index (κ3) is 3.52. The standard InChI is InChI=1S/C8H13B2N3O2/c1-2-3-6-7(14-5-12-13-11)4-8(10-9)15-6/h1,6-8,10H,3-5,9H2. The van der Waals surface area contributed by atoms with Crippen molar-refractivity contribution in [2.75, 3.05) is 6.73 Å². The molecule has 0 aromatic heterocycles. The number of hydrogen-bond acceptors (Lipinski definition) is 3. The number of hydrogen-bond donors (Lipinski definition) is 0. The second-order valence-electron chi connectivity index (χ2n) is 3.41. The highest BCUT2D eigenvalue weighted by molar-refractivity contribution is 6.90. The average Bonchev–Trinajstić information content (AvgIpc) is 2.62. The second kappa shape index (κ2) is 6.41. The maximum absolute atomic E-state index is 8.12. The van der Waals surface area contributed by atoms with E-state index in [4.69, 9.17) is 21.4 Å². The Bertz CT molecular complexity index is 288. The quantitative estimate of drug-likeness (QED) is 0.204. The molecule has 1 rings (SSSR count). The topological polar surface area (TPSA) is 67.2 Å². The van der Waals surface area contributed by atoms with E-state index in [0.717, 1.165) is 13.6 Å². The van der Waals surface area contributed by atoms with Crippen LogP contribution in [0.4, 0.5) is 0 Å². The van der Waals surface area contributed by atoms with E-state index in [0.29, 0.717) is 6.42 Å². The molecule has 1 fully saturated rings. The normalized spacial score (nSPS) is 29.1. The molecule has 0 bridgehead atoms. The molecular weight excluding hydrogens is 192 g/mol. The largest absolute Gasteiger partial charge is 0.381 e. The van der Waals surface area contributed by atoms with E-state index in [1.165, 1.54) is 0 Å². The van der Waals surface area contributed by atoms with Gasteiger partial charge in [-0.2, -0.15) is 0 Å². The van der Waals surface area contributed by atoms with Gasteiger partial charge in [-0.05, 0) is 12.0 Å². The maximum atomic E-state index is 8.12. The van der Waals surface area contributed by atoms with E-state index >= 15 is 0 Å². The van der Waals surface area contributed by atoms with Crippen molar-refractivity contribution in [1.82, 2.24) is 0 Å². The fourth-order valence-electron chi connectivity index (χ4n) is 1.69. The number of terminal acetylenes is 1. The molecule has 0 N–H and O–H groups in total. The highest BCUT2D eigenvalue weighted by atomic mass is 16.6. The molecule has 15 heavy (non-hydrogen) atoms. The van der Waals surface area contributed by atoms with Crippen molar-refractivity contribution in [3.8, 4) is 12.3 Å². The van der Waals surface area contributed by atoms with Gasteiger partial charge < -0.3 is 9.47 Å². The van der Waals surface area contributed by atoms with Crippen LogP contribution in [0, 0.1) is 12.3 Å². The summed E-state index contributed by atoms with van der Waals surface area (Å²) in [4.78, 5) is 2.63. The van der Waals surface area contributed by atoms with Gasteiger partial charge in [0, 0.05) is 17.3 Å². The van der Waals surface area contributed by atoms with Crippen LogP contribution in [0.5, 0.6) is 0 Å². The van der Waals surface area contributed by atoms with Crippen LogP contribution in [-0.4, -0.2) is 39.8 Å². The maximum Gasteiger partial charge on any atom is 0.126 e. The Morgan fingerprint density at radius 3 is 3.20 bits per heavy atom. The lowest BCUT2D eigenvalue weighted by Crippen LogP contribution is -2.24. The number of azide groups is 1. The van der Waals surface area contributed by atoms with Gasteiger partial charge in [0.25, 0.3) is 0 Å². The van der Waals surface area contributed by atoms with Gasteiger partial charge in [0.2, 0.25) is 0 Å². The van der Waals surface area contributed by atoms with Crippen LogP contribution >= 0.6 is 0 Å². The van der Waals surface area contributed by atoms with Crippen LogP contribution in [0.3, 0.4) is 0 Å². The number of nitrogens with zero attached hydrogens (tertiary/aromatic N) is 3. The summed E-state index contributed by atoms with van der Waals surface area (Å²) in [7, 11) is 3.01. The van der Waals surface area contributed by atoms with Gasteiger partial charge in [-0.25, -0.2) is 0 Å². The number of rotatable bonds is 5. The van der Waals surface area contributed by atoms with Gasteiger partial charge >= 0.3 is 0 Å². The molecule has 7 heteroatoms. The van der Waals surface area contributed by atoms with Crippen molar-refractivity contribution < 1.29 is 9.47 Å². The van der Waals surface area contributed by atoms with Gasteiger partial charge in [-0.15, -0.1) is 12.3 Å². The smallest absolute Gasteiger partial charge is 0.126 e. The fourth-order valence-corrected chi connectivity index (χ4v) is 1.69. The molecule has 0 spiro atoms. The Morgan fingerprint density at radius 2 is 2.60 bits per heavy atom. The Morgan fingerprint density at radius 1 is 1.80 bits per heavy atom. The third-order valence-corrected chi connectivity index (χ3v) is 2.46. The molecule has 3 atom stereocenters. The summed E-state index contributed by atoms with van der Waals surface area (Å²) in [5, 5.41) is 3.33. The summed E-state index contributed by atoms with van der Waals surface area (Å²) in [5.74, 6) is 2.57. The predicted molar refractivity (Wildman–Crippen MR) is 61.3 cm³/mol. The van der Waals surface area contributed by atoms with Gasteiger partial charge in [0.1, 0.15) is 13.9 Å². The zero-order valence-electron chi connectivity index (χ0n) is 8.80. The van der Waals surface area contributed by atoms with Gasteiger partial charge in [-0.3, -0.25) is 0 Å². The molecule has 0 aromatic rings. The van der Waals surface area contributed by atoms with Crippen molar-refractivity contribution >= 4 is 14.9 Å². The molecular formula is C8H13B2N3O2. The summed E-state index contributed by atoms with van der Waals surface area (Å²) in [6.07, 6.45) is 6.50. The first-order chi connectivity index (χ1) is 7.31. The molecule has 0 saturated carbocycles. The highest BCUT2D eigenvalue weighted by Gasteiger charge is 2.34. The molecule has 5 nitrogen and oxygen atoms in total. The molecule has 1 heterocycles. The molecule has 1 saturated heterocycles. The van der Waals surface area contributed by atoms with E-state index in [-0.39, 0.29) is 24.9 Å². The van der Waals surface area contributed by atoms with Crippen LogP contribution in [0.25, 0.3) is 10.4 Å². The summed E-state index contributed by atoms with van der Waals surface area (Å²) < 4.78 is 11.1. The molecule has 1 aliphatic rings. The lowest BCUT2D eigenvalue weighted by Gasteiger charge is -2.15. The highest BCUT2D eigenvalue weighted by Crippen LogP contribution is 2.24. The minimum Gasteiger partial charge on any atom is -0.381 e. The van der Waals surface area contributed by atoms with E-state index in [1.54, 1.807) is 0 Å². The molecule has 0 aliphatic carbocycles. The van der Waals surface area contributed by atoms with Crippen molar-refractivity contribution in [3.05, 3.63) is 10.4 Å².